The molecule has 2 saturated heterocycles. The number of hydrogen-bond acceptors (Lipinski definition) is 9. The minimum atomic E-state index is -4.12. The maximum Gasteiger partial charge on any atom is 0.475 e. The van der Waals surface area contributed by atoms with Crippen molar-refractivity contribution in [3.05, 3.63) is 68.0 Å². The van der Waals surface area contributed by atoms with Crippen LogP contribution >= 0.6 is 19.4 Å². The molecular formula is C22H25ClFN2O9P. The van der Waals surface area contributed by atoms with Gasteiger partial charge < -0.3 is 9.47 Å². The monoisotopic (exact) mass is 546 g/mol. The molecule has 0 radical (unpaired) electrons. The van der Waals surface area contributed by atoms with E-state index in [1.165, 1.54) is 6.92 Å². The van der Waals surface area contributed by atoms with Gasteiger partial charge in [-0.3, -0.25) is 32.7 Å². The van der Waals surface area contributed by atoms with Gasteiger partial charge in [0.15, 0.2) is 18.0 Å². The van der Waals surface area contributed by atoms with E-state index in [0.717, 1.165) is 23.8 Å². The average Bonchev–Trinajstić information content (AvgIpc) is 3.07. The van der Waals surface area contributed by atoms with Gasteiger partial charge >= 0.3 is 19.5 Å². The van der Waals surface area contributed by atoms with Crippen molar-refractivity contribution < 1.29 is 36.8 Å². The van der Waals surface area contributed by atoms with E-state index in [1.807, 2.05) is 4.98 Å². The summed E-state index contributed by atoms with van der Waals surface area (Å²) in [6.45, 7) is 2.13. The highest BCUT2D eigenvalue weighted by Gasteiger charge is 2.58. The molecule has 3 heterocycles. The van der Waals surface area contributed by atoms with Gasteiger partial charge in [0.2, 0.25) is 0 Å². The Balaban J connectivity index is 1.54. The Kier molecular flexibility index (Phi) is 7.84. The van der Waals surface area contributed by atoms with Crippen LogP contribution in [0.5, 0.6) is 0 Å². The molecule has 11 nitrogen and oxygen atoms in total. The third kappa shape index (κ3) is 5.64. The molecule has 2 aliphatic heterocycles. The minimum Gasteiger partial charge on any atom is -0.456 e. The first-order valence-corrected chi connectivity index (χ1v) is 13.0. The summed E-state index contributed by atoms with van der Waals surface area (Å²) in [6.07, 6.45) is -3.62. The van der Waals surface area contributed by atoms with E-state index in [2.05, 4.69) is 0 Å². The Labute approximate surface area is 210 Å². The number of nitrogens with one attached hydrogen (secondary N) is 1. The highest BCUT2D eigenvalue weighted by molar-refractivity contribution is 7.48. The van der Waals surface area contributed by atoms with E-state index < -0.39 is 61.9 Å². The van der Waals surface area contributed by atoms with Crippen molar-refractivity contribution in [2.75, 3.05) is 13.2 Å². The van der Waals surface area contributed by atoms with Gasteiger partial charge in [0.05, 0.1) is 19.3 Å². The van der Waals surface area contributed by atoms with Gasteiger partial charge in [-0.15, -0.1) is 0 Å². The number of nitrogens with zero attached hydrogens (tertiary/aromatic N) is 1. The highest BCUT2D eigenvalue weighted by Crippen LogP contribution is 2.57. The second kappa shape index (κ2) is 10.6. The molecular weight excluding hydrogens is 522 g/mol. The summed E-state index contributed by atoms with van der Waals surface area (Å²) in [4.78, 5) is 37.8. The van der Waals surface area contributed by atoms with Crippen LogP contribution in [0.4, 0.5) is 4.39 Å². The lowest BCUT2D eigenvalue weighted by Crippen LogP contribution is -2.46. The molecule has 0 bridgehead atoms. The predicted octanol–water partition coefficient (Wildman–Crippen LogP) is 3.44. The molecule has 1 aromatic heterocycles. The first-order chi connectivity index (χ1) is 17.0. The van der Waals surface area contributed by atoms with E-state index in [-0.39, 0.29) is 13.0 Å². The molecule has 2 aromatic rings. The van der Waals surface area contributed by atoms with Crippen molar-refractivity contribution in [1.82, 2.24) is 9.55 Å². The van der Waals surface area contributed by atoms with Crippen LogP contribution < -0.4 is 11.2 Å². The summed E-state index contributed by atoms with van der Waals surface area (Å²) in [5, 5.41) is 0.476. The number of benzene rings is 1. The number of alkyl halides is 1. The Hall–Kier alpha value is -2.34. The van der Waals surface area contributed by atoms with Gasteiger partial charge in [0, 0.05) is 30.1 Å². The van der Waals surface area contributed by atoms with E-state index in [1.54, 1.807) is 24.3 Å². The number of carbonyl (C=O) groups is 1. The fourth-order valence-corrected chi connectivity index (χ4v) is 5.64. The number of H-pyrrole nitrogens is 1. The number of aromatic amines is 1. The first kappa shape index (κ1) is 26.7. The van der Waals surface area contributed by atoms with Gasteiger partial charge in [0.1, 0.15) is 6.10 Å². The number of phosphoric ester groups is 1. The van der Waals surface area contributed by atoms with E-state index >= 15 is 4.39 Å². The topological polar surface area (TPSA) is 135 Å². The molecule has 0 aliphatic carbocycles. The standard InChI is InChI=1S/C22H25ClFN2O9P/c1-3-18(28)34-19-16(33-20(22(19,2)24)26-9-7-17(27)25-21(26)29)12-32-36(30)31-10-8-15(35-36)13-5-4-6-14(23)11-13/h4-7,9,11,15-16,19-20H,3,8,10,12H2,1-2H3,(H,25,27,29)/t15-,16-,19-,20-,22-,36+/m1/s1. The number of hydrogen-bond donors (Lipinski definition) is 1. The smallest absolute Gasteiger partial charge is 0.456 e. The van der Waals surface area contributed by atoms with E-state index in [9.17, 15) is 18.9 Å². The molecule has 6 atom stereocenters. The molecule has 0 unspecified atom stereocenters. The summed E-state index contributed by atoms with van der Waals surface area (Å²) in [6, 6.07) is 7.86. The quantitative estimate of drug-likeness (QED) is 0.409. The van der Waals surface area contributed by atoms with E-state index in [4.69, 9.17) is 34.6 Å². The van der Waals surface area contributed by atoms with Gasteiger partial charge in [0.25, 0.3) is 5.56 Å². The third-order valence-corrected chi connectivity index (χ3v) is 7.55. The number of esters is 1. The zero-order valence-electron chi connectivity index (χ0n) is 19.4. The lowest BCUT2D eigenvalue weighted by atomic mass is 9.98. The number of rotatable bonds is 7. The molecule has 2 fully saturated rings. The number of carbonyl (C=O) groups excluding carboxylic acids is 1. The second-order valence-corrected chi connectivity index (χ2v) is 10.5. The minimum absolute atomic E-state index is 0.0462. The van der Waals surface area contributed by atoms with Crippen molar-refractivity contribution in [1.29, 1.82) is 0 Å². The van der Waals surface area contributed by atoms with Crippen LogP contribution in [-0.4, -0.2) is 46.6 Å². The molecule has 1 N–H and O–H groups in total. The summed E-state index contributed by atoms with van der Waals surface area (Å²) < 4.78 is 57.4. The van der Waals surface area contributed by atoms with Crippen LogP contribution in [0, 0.1) is 0 Å². The molecule has 1 aromatic carbocycles. The SMILES string of the molecule is CCC(=O)O[C@@H]1[C@@H](CO[P@]2(=O)OCC[C@H](c3cccc(Cl)c3)O2)O[C@@H](n2ccc(=O)[nH]c2=O)[C@]1(C)F. The van der Waals surface area contributed by atoms with Crippen molar-refractivity contribution in [2.24, 2.45) is 0 Å². The molecule has 4 rings (SSSR count). The molecule has 0 spiro atoms. The number of aromatic nitrogens is 2. The number of ether oxygens (including phenoxy) is 2. The zero-order chi connectivity index (χ0) is 26.1. The highest BCUT2D eigenvalue weighted by atomic mass is 35.5. The largest absolute Gasteiger partial charge is 0.475 e. The summed E-state index contributed by atoms with van der Waals surface area (Å²) in [7, 11) is -4.12. The molecule has 0 saturated carbocycles. The van der Waals surface area contributed by atoms with Crippen LogP contribution in [0.2, 0.25) is 5.02 Å². The number of halogens is 2. The van der Waals surface area contributed by atoms with Crippen LogP contribution in [0.3, 0.4) is 0 Å². The molecule has 14 heteroatoms. The first-order valence-electron chi connectivity index (χ1n) is 11.2. The van der Waals surface area contributed by atoms with Crippen LogP contribution in [0.25, 0.3) is 0 Å². The third-order valence-electron chi connectivity index (χ3n) is 5.83. The normalized spacial score (nSPS) is 32.3. The van der Waals surface area contributed by atoms with Crippen LogP contribution in [0.1, 0.15) is 44.6 Å². The Morgan fingerprint density at radius 2 is 2.14 bits per heavy atom. The maximum absolute atomic E-state index is 16.0. The van der Waals surface area contributed by atoms with Gasteiger partial charge in [-0.25, -0.2) is 13.8 Å². The van der Waals surface area contributed by atoms with Crippen LogP contribution in [0.15, 0.2) is 46.1 Å². The average molecular weight is 547 g/mol. The predicted molar refractivity (Wildman–Crippen MR) is 124 cm³/mol. The van der Waals surface area contributed by atoms with Gasteiger partial charge in [-0.05, 0) is 24.6 Å². The summed E-state index contributed by atoms with van der Waals surface area (Å²) in [5.41, 5.74) is -3.35. The van der Waals surface area contributed by atoms with Gasteiger partial charge in [-0.2, -0.15) is 0 Å². The molecule has 0 amide bonds. The molecule has 196 valence electrons. The van der Waals surface area contributed by atoms with Crippen molar-refractivity contribution in [3.8, 4) is 0 Å². The fourth-order valence-electron chi connectivity index (χ4n) is 4.04. The van der Waals surface area contributed by atoms with Crippen molar-refractivity contribution in [3.63, 3.8) is 0 Å². The maximum atomic E-state index is 16.0. The summed E-state index contributed by atoms with van der Waals surface area (Å²) >= 11 is 6.04. The summed E-state index contributed by atoms with van der Waals surface area (Å²) in [5.74, 6) is -0.718. The zero-order valence-corrected chi connectivity index (χ0v) is 21.1. The van der Waals surface area contributed by atoms with Gasteiger partial charge in [-0.1, -0.05) is 30.7 Å². The number of phosphoric acid groups is 1. The molecule has 36 heavy (non-hydrogen) atoms. The Morgan fingerprint density at radius 1 is 1.36 bits per heavy atom. The van der Waals surface area contributed by atoms with Crippen molar-refractivity contribution in [2.45, 2.75) is 56.9 Å². The van der Waals surface area contributed by atoms with E-state index in [0.29, 0.717) is 17.0 Å². The lowest BCUT2D eigenvalue weighted by molar-refractivity contribution is -0.158. The second-order valence-electron chi connectivity index (χ2n) is 8.47. The lowest BCUT2D eigenvalue weighted by Gasteiger charge is -2.30. The van der Waals surface area contributed by atoms with Crippen molar-refractivity contribution >= 4 is 25.4 Å². The van der Waals surface area contributed by atoms with Crippen LogP contribution in [-0.2, 0) is 32.4 Å². The molecule has 2 aliphatic rings. The fraction of sp³-hybridized carbons (Fsp3) is 0.500. The Morgan fingerprint density at radius 3 is 2.83 bits per heavy atom. The Bertz CT molecular complexity index is 1280.